The Hall–Kier alpha value is -3.27. The van der Waals surface area contributed by atoms with Crippen LogP contribution >= 0.6 is 15.4 Å². The number of aromatic nitrogens is 8. The van der Waals surface area contributed by atoms with Crippen LogP contribution in [0, 0.1) is 0 Å². The van der Waals surface area contributed by atoms with E-state index in [0.29, 0.717) is 0 Å². The molecule has 0 spiro atoms. The number of ether oxygens (including phenoxy) is 3. The van der Waals surface area contributed by atoms with Crippen molar-refractivity contribution in [1.82, 2.24) is 39.0 Å². The molecular formula is C21H25FN10O11P2. The third kappa shape index (κ3) is 5.47. The first kappa shape index (κ1) is 30.4. The number of halogens is 1. The quantitative estimate of drug-likeness (QED) is 0.166. The number of phosphoric ester groups is 1. The van der Waals surface area contributed by atoms with Crippen LogP contribution in [0.15, 0.2) is 25.3 Å². The zero-order chi connectivity index (χ0) is 31.7. The van der Waals surface area contributed by atoms with Gasteiger partial charge >= 0.3 is 15.4 Å². The summed E-state index contributed by atoms with van der Waals surface area (Å²) in [6.45, 7) is -1.38. The Kier molecular flexibility index (Phi) is 7.57. The van der Waals surface area contributed by atoms with Gasteiger partial charge in [0.05, 0.1) is 32.0 Å². The highest BCUT2D eigenvalue weighted by molar-refractivity contribution is 7.52. The molecule has 0 amide bonds. The van der Waals surface area contributed by atoms with E-state index in [1.165, 1.54) is 21.8 Å². The lowest BCUT2D eigenvalue weighted by Crippen LogP contribution is -2.37. The number of hydrogen-bond donors (Lipinski definition) is 5. The lowest BCUT2D eigenvalue weighted by molar-refractivity contribution is -0.173. The van der Waals surface area contributed by atoms with Gasteiger partial charge in [-0.15, -0.1) is 0 Å². The first-order valence-corrected chi connectivity index (χ1v) is 16.4. The average Bonchev–Trinajstić information content (AvgIpc) is 3.74. The molecule has 242 valence electrons. The zero-order valence-electron chi connectivity index (χ0n) is 22.7. The fraction of sp³-hybridized carbons (Fsp3) is 0.524. The maximum absolute atomic E-state index is 15.9. The molecular weight excluding hydrogens is 649 g/mol. The molecule has 0 aliphatic carbocycles. The van der Waals surface area contributed by atoms with E-state index in [1.54, 1.807) is 0 Å². The van der Waals surface area contributed by atoms with Gasteiger partial charge in [-0.2, -0.15) is 0 Å². The second kappa shape index (κ2) is 11.2. The van der Waals surface area contributed by atoms with E-state index < -0.39 is 84.1 Å². The van der Waals surface area contributed by atoms with Gasteiger partial charge in [-0.1, -0.05) is 0 Å². The smallest absolute Gasteiger partial charge is 0.385 e. The molecule has 7 heterocycles. The van der Waals surface area contributed by atoms with Crippen molar-refractivity contribution < 1.29 is 56.2 Å². The predicted molar refractivity (Wildman–Crippen MR) is 144 cm³/mol. The molecule has 24 heteroatoms. The van der Waals surface area contributed by atoms with Gasteiger partial charge in [0.2, 0.25) is 0 Å². The maximum Gasteiger partial charge on any atom is 0.472 e. The Balaban J connectivity index is 1.19. The molecule has 0 aromatic carbocycles. The third-order valence-electron chi connectivity index (χ3n) is 7.36. The molecule has 21 nitrogen and oxygen atoms in total. The van der Waals surface area contributed by atoms with Crippen molar-refractivity contribution in [1.29, 1.82) is 0 Å². The molecule has 3 fully saturated rings. The summed E-state index contributed by atoms with van der Waals surface area (Å²) in [7, 11) is -9.74. The first-order valence-electron chi connectivity index (χ1n) is 13.2. The SMILES string of the molecule is Nc1ncnc2c1ncn2[C@@H]1O[C@@H]2COP(=O)(O)O[C@H]3C(O)[C@@H](OCCP(=O)(O)OC2[C@@H]1F)O[C@H]3n1cnc2c(N)ncnc21. The van der Waals surface area contributed by atoms with Crippen LogP contribution in [0.3, 0.4) is 0 Å². The Labute approximate surface area is 250 Å². The van der Waals surface area contributed by atoms with Gasteiger partial charge in [0.1, 0.15) is 48.1 Å². The summed E-state index contributed by atoms with van der Waals surface area (Å²) in [4.78, 5) is 45.4. The lowest BCUT2D eigenvalue weighted by atomic mass is 10.1. The molecule has 3 aliphatic heterocycles. The average molecular weight is 674 g/mol. The normalized spacial score (nSPS) is 38.0. The van der Waals surface area contributed by atoms with Crippen molar-refractivity contribution in [2.45, 2.75) is 49.3 Å². The standard InChI is InChI=1S/C21H25FN10O11P2/c22-9-13-8(40-19(9)31-6-29-10-15(23)25-4-27-17(10)31)3-39-45(36,37)43-14-12(33)21(38-1-2-44(34,35)42-13)41-20(14)32-7-30-11-16(24)26-5-28-18(11)32/h4-9,12-14,19-21,33H,1-3H2,(H,34,35)(H,36,37)(H2,23,25,27)(H2,24,26,28)/t8-,9+,12?,13?,14+,19-,20-,21+/m1/s1. The molecule has 0 saturated carbocycles. The van der Waals surface area contributed by atoms with Crippen LogP contribution in [0.5, 0.6) is 0 Å². The molecule has 7 N–H and O–H groups in total. The summed E-state index contributed by atoms with van der Waals surface area (Å²) >= 11 is 0. The second-order valence-corrected chi connectivity index (χ2v) is 13.5. The van der Waals surface area contributed by atoms with Crippen molar-refractivity contribution in [2.75, 3.05) is 30.8 Å². The summed E-state index contributed by atoms with van der Waals surface area (Å²) in [5.74, 6) is 0.0491. The Morgan fingerprint density at radius 3 is 2.13 bits per heavy atom. The van der Waals surface area contributed by atoms with Crippen LogP contribution in [-0.4, -0.2) is 110 Å². The minimum absolute atomic E-state index is 0.0157. The number of anilines is 2. The number of fused-ring (bicyclic) bond motifs is 5. The number of hydrogen-bond acceptors (Lipinski definition) is 17. The number of nitrogens with zero attached hydrogens (tertiary/aromatic N) is 8. The van der Waals surface area contributed by atoms with E-state index in [9.17, 15) is 24.0 Å². The van der Waals surface area contributed by atoms with Crippen molar-refractivity contribution in [3.8, 4) is 0 Å². The summed E-state index contributed by atoms with van der Waals surface area (Å²) in [6, 6.07) is 0. The molecule has 3 aliphatic rings. The van der Waals surface area contributed by atoms with Crippen molar-refractivity contribution >= 4 is 49.4 Å². The molecule has 2 bridgehead atoms. The fourth-order valence-electron chi connectivity index (χ4n) is 5.26. The number of alkyl halides is 1. The third-order valence-corrected chi connectivity index (χ3v) is 9.66. The highest BCUT2D eigenvalue weighted by atomic mass is 31.2. The van der Waals surface area contributed by atoms with E-state index in [1.807, 2.05) is 0 Å². The summed E-state index contributed by atoms with van der Waals surface area (Å²) in [6.07, 6.45) is -9.22. The van der Waals surface area contributed by atoms with E-state index in [2.05, 4.69) is 29.9 Å². The zero-order valence-corrected chi connectivity index (χ0v) is 24.5. The minimum Gasteiger partial charge on any atom is -0.385 e. The van der Waals surface area contributed by atoms with Crippen molar-refractivity contribution in [2.24, 2.45) is 0 Å². The van der Waals surface area contributed by atoms with Crippen LogP contribution in [0.25, 0.3) is 22.3 Å². The van der Waals surface area contributed by atoms with Gasteiger partial charge in [0.25, 0.3) is 0 Å². The van der Waals surface area contributed by atoms with E-state index in [0.717, 1.165) is 12.7 Å². The number of rotatable bonds is 2. The van der Waals surface area contributed by atoms with Gasteiger partial charge < -0.3 is 40.6 Å². The number of nitrogens with two attached hydrogens (primary N) is 2. The largest absolute Gasteiger partial charge is 0.472 e. The van der Waals surface area contributed by atoms with E-state index in [4.69, 9.17) is 39.2 Å². The van der Waals surface area contributed by atoms with E-state index >= 15 is 4.39 Å². The molecule has 0 radical (unpaired) electrons. The Morgan fingerprint density at radius 2 is 1.49 bits per heavy atom. The van der Waals surface area contributed by atoms with Gasteiger partial charge in [-0.25, -0.2) is 38.9 Å². The Morgan fingerprint density at radius 1 is 0.867 bits per heavy atom. The second-order valence-electron chi connectivity index (χ2n) is 10.2. The van der Waals surface area contributed by atoms with E-state index in [-0.39, 0.29) is 34.0 Å². The number of aliphatic hydroxyl groups is 1. The maximum atomic E-state index is 15.9. The highest BCUT2D eigenvalue weighted by Crippen LogP contribution is 2.53. The topological polar surface area (TPSA) is 289 Å². The molecule has 4 unspecified atom stereocenters. The summed E-state index contributed by atoms with van der Waals surface area (Å²) in [5.41, 5.74) is 12.2. The number of aliphatic hydroxyl groups excluding tert-OH is 1. The number of phosphoric acid groups is 1. The van der Waals surface area contributed by atoms with Crippen molar-refractivity contribution in [3.63, 3.8) is 0 Å². The summed E-state index contributed by atoms with van der Waals surface area (Å²) in [5, 5.41) is 11.0. The predicted octanol–water partition coefficient (Wildman–Crippen LogP) is -0.615. The van der Waals surface area contributed by atoms with Crippen LogP contribution in [0.2, 0.25) is 0 Å². The molecule has 10 atom stereocenters. The number of imidazole rings is 2. The number of nitrogen functional groups attached to an aromatic ring is 2. The lowest BCUT2D eigenvalue weighted by Gasteiger charge is -2.26. The molecule has 4 aromatic rings. The van der Waals surface area contributed by atoms with Gasteiger partial charge in [0, 0.05) is 0 Å². The van der Waals surface area contributed by atoms with Crippen LogP contribution in [0.4, 0.5) is 16.0 Å². The Bertz CT molecular complexity index is 1850. The molecule has 4 aromatic heterocycles. The molecule has 7 rings (SSSR count). The van der Waals surface area contributed by atoms with Crippen LogP contribution < -0.4 is 11.5 Å². The van der Waals surface area contributed by atoms with Gasteiger partial charge in [0.15, 0.2) is 47.8 Å². The molecule has 45 heavy (non-hydrogen) atoms. The van der Waals surface area contributed by atoms with Gasteiger partial charge in [-0.3, -0.25) is 27.3 Å². The molecule has 3 saturated heterocycles. The fourth-order valence-corrected chi connectivity index (χ4v) is 7.27. The first-order chi connectivity index (χ1) is 21.4. The summed E-state index contributed by atoms with van der Waals surface area (Å²) < 4.78 is 77.5. The minimum atomic E-state index is -5.12. The highest BCUT2D eigenvalue weighted by Gasteiger charge is 2.53. The van der Waals surface area contributed by atoms with Crippen LogP contribution in [-0.2, 0) is 36.9 Å². The van der Waals surface area contributed by atoms with Gasteiger partial charge in [-0.05, 0) is 0 Å². The van der Waals surface area contributed by atoms with Crippen molar-refractivity contribution in [3.05, 3.63) is 25.3 Å². The van der Waals surface area contributed by atoms with Crippen LogP contribution in [0.1, 0.15) is 12.5 Å². The monoisotopic (exact) mass is 674 g/mol.